The number of hydrogen-bond donors (Lipinski definition) is 0. The molecule has 0 saturated carbocycles. The van der Waals surface area contributed by atoms with E-state index >= 15 is 0 Å². The van der Waals surface area contributed by atoms with Gasteiger partial charge in [0.05, 0.1) is 0 Å². The molecule has 0 amide bonds. The number of terminal acetylenes is 1. The van der Waals surface area contributed by atoms with Crippen molar-refractivity contribution in [2.45, 2.75) is 40.0 Å². The van der Waals surface area contributed by atoms with Gasteiger partial charge in [-0.1, -0.05) is 71.3 Å². The van der Waals surface area contributed by atoms with Crippen molar-refractivity contribution in [3.8, 4) is 12.8 Å². The van der Waals surface area contributed by atoms with E-state index in [2.05, 4.69) is 73.0 Å². The van der Waals surface area contributed by atoms with E-state index in [4.69, 9.17) is 0 Å². The fourth-order valence-corrected chi connectivity index (χ4v) is 1.67. The van der Waals surface area contributed by atoms with Crippen molar-refractivity contribution < 1.29 is 0 Å². The molecule has 1 heteroatoms. The summed E-state index contributed by atoms with van der Waals surface area (Å²) in [5, 5.41) is 0. The third-order valence-corrected chi connectivity index (χ3v) is 3.35. The van der Waals surface area contributed by atoms with E-state index in [0.717, 1.165) is 4.48 Å². The summed E-state index contributed by atoms with van der Waals surface area (Å²) < 4.78 is 1.16. The summed E-state index contributed by atoms with van der Waals surface area (Å²) >= 11 is 3.38. The van der Waals surface area contributed by atoms with E-state index in [1.807, 2.05) is 13.0 Å². The number of rotatable bonds is 3. The van der Waals surface area contributed by atoms with Crippen LogP contribution >= 0.6 is 15.9 Å². The third-order valence-electron chi connectivity index (χ3n) is 2.63. The molecule has 0 aliphatic heterocycles. The van der Waals surface area contributed by atoms with E-state index in [9.17, 15) is 0 Å². The minimum atomic E-state index is 1.16. The normalized spacial score (nSPS) is 11.8. The maximum absolute atomic E-state index is 4.00. The van der Waals surface area contributed by atoms with Crippen LogP contribution in [0.5, 0.6) is 0 Å². The molecule has 1 aromatic rings. The molecule has 0 bridgehead atoms. The average molecular weight is 319 g/mol. The molecule has 0 nitrogen and oxygen atoms in total. The molecule has 0 fully saturated rings. The molecule has 1 aromatic carbocycles. The van der Waals surface area contributed by atoms with Gasteiger partial charge in [-0.3, -0.25) is 0 Å². The summed E-state index contributed by atoms with van der Waals surface area (Å²) in [6, 6.07) is 6.64. The van der Waals surface area contributed by atoms with E-state index < -0.39 is 0 Å². The fraction of sp³-hybridized carbons (Fsp3) is 0.333. The van der Waals surface area contributed by atoms with Crippen LogP contribution in [0.2, 0.25) is 0 Å². The lowest BCUT2D eigenvalue weighted by Crippen LogP contribution is -1.63. The molecule has 0 atom stereocenters. The van der Waals surface area contributed by atoms with E-state index in [-0.39, 0.29) is 0 Å². The summed E-state index contributed by atoms with van der Waals surface area (Å²) in [5.41, 5.74) is 4.47. The molecule has 2 rings (SSSR count). The van der Waals surface area contributed by atoms with Crippen LogP contribution in [-0.2, 0) is 6.42 Å². The summed E-state index contributed by atoms with van der Waals surface area (Å²) in [6.45, 7) is 6.33. The van der Waals surface area contributed by atoms with Crippen molar-refractivity contribution in [3.63, 3.8) is 0 Å². The lowest BCUT2D eigenvalue weighted by Gasteiger charge is -1.84. The zero-order chi connectivity index (χ0) is 14.7. The van der Waals surface area contributed by atoms with Gasteiger partial charge in [-0.25, -0.2) is 0 Å². The lowest BCUT2D eigenvalue weighted by atomic mass is 10.2. The molecule has 102 valence electrons. The van der Waals surface area contributed by atoms with E-state index in [0.29, 0.717) is 0 Å². The van der Waals surface area contributed by atoms with Crippen LogP contribution in [0.1, 0.15) is 43.4 Å². The van der Waals surface area contributed by atoms with Gasteiger partial charge in [0.1, 0.15) is 0 Å². The van der Waals surface area contributed by atoms with Crippen LogP contribution in [0.25, 0.3) is 0 Å². The molecular formula is C18H23Br. The maximum atomic E-state index is 4.00. The zero-order valence-corrected chi connectivity index (χ0v) is 13.7. The summed E-state index contributed by atoms with van der Waals surface area (Å²) in [6.07, 6.45) is 17.9. The molecule has 0 saturated heterocycles. The molecule has 0 spiro atoms. The van der Waals surface area contributed by atoms with Crippen molar-refractivity contribution >= 4 is 15.9 Å². The molecular weight excluding hydrogens is 296 g/mol. The standard InChI is InChI=1S/C8H13Br.C8H8.C2H2/c1-3-5-6-7-8(9)4-2;1-6-2-3-7-5-8(7)4-6;1-2/h4,6-7H,3,5H2,1-2H3;2-4H,5H2,1H3;1-2H/b7-6-,8-4+;;. The first kappa shape index (κ1) is 17.7. The van der Waals surface area contributed by atoms with Gasteiger partial charge in [0.15, 0.2) is 0 Å². The number of aryl methyl sites for hydroxylation is 1. The Morgan fingerprint density at radius 2 is 2.00 bits per heavy atom. The first-order valence-corrected chi connectivity index (χ1v) is 7.36. The Morgan fingerprint density at radius 3 is 2.47 bits per heavy atom. The van der Waals surface area contributed by atoms with Gasteiger partial charge in [0, 0.05) is 4.48 Å². The van der Waals surface area contributed by atoms with Crippen LogP contribution in [0.3, 0.4) is 0 Å². The highest BCUT2D eigenvalue weighted by atomic mass is 79.9. The van der Waals surface area contributed by atoms with Crippen LogP contribution in [-0.4, -0.2) is 0 Å². The summed E-state index contributed by atoms with van der Waals surface area (Å²) in [7, 11) is 0. The molecule has 0 heterocycles. The molecule has 1 aliphatic rings. The topological polar surface area (TPSA) is 0 Å². The Hall–Kier alpha value is -1.26. The smallest absolute Gasteiger partial charge is 0.0129 e. The second-order valence-corrected chi connectivity index (χ2v) is 5.23. The molecule has 1 aliphatic carbocycles. The zero-order valence-electron chi connectivity index (χ0n) is 12.1. The number of hydrogen-bond acceptors (Lipinski definition) is 0. The highest BCUT2D eigenvalue weighted by molar-refractivity contribution is 9.11. The second kappa shape index (κ2) is 10.6. The Labute approximate surface area is 126 Å². The third kappa shape index (κ3) is 8.46. The average Bonchev–Trinajstić information content (AvgIpc) is 3.20. The molecule has 0 radical (unpaired) electrons. The van der Waals surface area contributed by atoms with Gasteiger partial charge in [-0.2, -0.15) is 0 Å². The minimum Gasteiger partial charge on any atom is -0.124 e. The number of fused-ring (bicyclic) bond motifs is 1. The first-order valence-electron chi connectivity index (χ1n) is 6.57. The van der Waals surface area contributed by atoms with Gasteiger partial charge < -0.3 is 0 Å². The largest absolute Gasteiger partial charge is 0.124 e. The fourth-order valence-electron chi connectivity index (χ4n) is 1.48. The Morgan fingerprint density at radius 1 is 1.32 bits per heavy atom. The monoisotopic (exact) mass is 318 g/mol. The quantitative estimate of drug-likeness (QED) is 0.496. The summed E-state index contributed by atoms with van der Waals surface area (Å²) in [4.78, 5) is 0. The van der Waals surface area contributed by atoms with Gasteiger partial charge in [-0.15, -0.1) is 12.8 Å². The van der Waals surface area contributed by atoms with Gasteiger partial charge >= 0.3 is 0 Å². The second-order valence-electron chi connectivity index (χ2n) is 4.31. The molecule has 0 aromatic heterocycles. The highest BCUT2D eigenvalue weighted by Crippen LogP contribution is 2.27. The Kier molecular flexibility index (Phi) is 9.94. The van der Waals surface area contributed by atoms with Crippen LogP contribution in [0.15, 0.2) is 40.9 Å². The summed E-state index contributed by atoms with van der Waals surface area (Å²) in [5.74, 6) is 0. The van der Waals surface area contributed by atoms with E-state index in [1.165, 1.54) is 30.4 Å². The number of allylic oxidation sites excluding steroid dienone is 4. The predicted octanol–water partition coefficient (Wildman–Crippen LogP) is 5.79. The Bertz CT molecular complexity index is 449. The Balaban J connectivity index is 0.000000302. The lowest BCUT2D eigenvalue weighted by molar-refractivity contribution is 0.958. The number of unbranched alkanes of at least 4 members (excludes halogenated alkanes) is 1. The maximum Gasteiger partial charge on any atom is 0.0129 e. The molecule has 0 unspecified atom stereocenters. The van der Waals surface area contributed by atoms with Gasteiger partial charge in [-0.05, 0) is 37.8 Å². The van der Waals surface area contributed by atoms with Crippen molar-refractivity contribution in [1.82, 2.24) is 0 Å². The van der Waals surface area contributed by atoms with Crippen molar-refractivity contribution in [2.75, 3.05) is 0 Å². The van der Waals surface area contributed by atoms with Crippen LogP contribution in [0, 0.1) is 19.8 Å². The van der Waals surface area contributed by atoms with Crippen molar-refractivity contribution in [1.29, 1.82) is 0 Å². The number of benzene rings is 1. The van der Waals surface area contributed by atoms with Gasteiger partial charge in [0.25, 0.3) is 0 Å². The minimum absolute atomic E-state index is 1.16. The van der Waals surface area contributed by atoms with Crippen LogP contribution in [0.4, 0.5) is 0 Å². The first-order chi connectivity index (χ1) is 9.17. The highest BCUT2D eigenvalue weighted by Gasteiger charge is 2.14. The molecule has 0 N–H and O–H groups in total. The van der Waals surface area contributed by atoms with Crippen LogP contribution < -0.4 is 0 Å². The van der Waals surface area contributed by atoms with E-state index in [1.54, 1.807) is 5.56 Å². The van der Waals surface area contributed by atoms with Gasteiger partial charge in [0.2, 0.25) is 0 Å². The number of halogens is 1. The van der Waals surface area contributed by atoms with Crippen molar-refractivity contribution in [2.24, 2.45) is 0 Å². The predicted molar refractivity (Wildman–Crippen MR) is 90.6 cm³/mol. The molecule has 19 heavy (non-hydrogen) atoms. The SMILES string of the molecule is C#C.C/C=C(Br)\C=C/CCC.Cc1ccc2c(c1)C2. The van der Waals surface area contributed by atoms with Crippen molar-refractivity contribution in [3.05, 3.63) is 57.6 Å².